The second kappa shape index (κ2) is 9.25. The highest BCUT2D eigenvalue weighted by Crippen LogP contribution is 2.21. The predicted octanol–water partition coefficient (Wildman–Crippen LogP) is 2.24. The number of carbonyl (C=O) groups is 1. The molecule has 0 unspecified atom stereocenters. The van der Waals surface area contributed by atoms with Crippen LogP contribution in [0.3, 0.4) is 0 Å². The fraction of sp³-hybridized carbons (Fsp3) is 0.100. The normalized spacial score (nSPS) is 11.0. The van der Waals surface area contributed by atoms with Crippen molar-refractivity contribution in [1.29, 1.82) is 0 Å². The number of nitrogens with zero attached hydrogens (tertiary/aromatic N) is 1. The number of sulfonamides is 1. The van der Waals surface area contributed by atoms with Crippen LogP contribution < -0.4 is 26.8 Å². The number of hydrogen-bond donors (Lipinski definition) is 5. The number of pyridine rings is 1. The van der Waals surface area contributed by atoms with E-state index in [0.717, 1.165) is 5.56 Å². The Morgan fingerprint density at radius 2 is 1.77 bits per heavy atom. The number of aromatic nitrogens is 1. The first kappa shape index (κ1) is 21.1. The van der Waals surface area contributed by atoms with Gasteiger partial charge >= 0.3 is 6.03 Å². The first-order valence-corrected chi connectivity index (χ1v) is 10.5. The molecule has 0 radical (unpaired) electrons. The van der Waals surface area contributed by atoms with Crippen LogP contribution in [-0.2, 0) is 23.1 Å². The largest absolute Gasteiger partial charge is 0.398 e. The molecule has 3 aromatic rings. The summed E-state index contributed by atoms with van der Waals surface area (Å²) >= 11 is 0. The molecule has 3 rings (SSSR count). The fourth-order valence-corrected chi connectivity index (χ4v) is 3.69. The van der Waals surface area contributed by atoms with Crippen molar-refractivity contribution in [1.82, 2.24) is 10.3 Å². The van der Waals surface area contributed by atoms with Crippen molar-refractivity contribution < 1.29 is 13.2 Å². The van der Waals surface area contributed by atoms with Gasteiger partial charge in [0.1, 0.15) is 0 Å². The van der Waals surface area contributed by atoms with Gasteiger partial charge in [0, 0.05) is 42.5 Å². The van der Waals surface area contributed by atoms with Crippen molar-refractivity contribution in [3.05, 3.63) is 78.1 Å². The van der Waals surface area contributed by atoms with Crippen molar-refractivity contribution in [2.75, 3.05) is 15.8 Å². The van der Waals surface area contributed by atoms with E-state index in [0.29, 0.717) is 29.2 Å². The van der Waals surface area contributed by atoms with Gasteiger partial charge in [-0.05, 0) is 59.7 Å². The number of nitrogens with one attached hydrogen (secondary N) is 3. The van der Waals surface area contributed by atoms with Crippen molar-refractivity contribution in [3.63, 3.8) is 0 Å². The average molecular weight is 427 g/mol. The Kier molecular flexibility index (Phi) is 6.50. The van der Waals surface area contributed by atoms with E-state index in [1.54, 1.807) is 36.7 Å². The van der Waals surface area contributed by atoms with E-state index in [4.69, 9.17) is 11.5 Å². The molecule has 0 aliphatic rings. The lowest BCUT2D eigenvalue weighted by Crippen LogP contribution is -2.28. The third kappa shape index (κ3) is 5.46. The summed E-state index contributed by atoms with van der Waals surface area (Å²) in [7, 11) is -3.81. The Balaban J connectivity index is 1.62. The quantitative estimate of drug-likeness (QED) is 0.365. The summed E-state index contributed by atoms with van der Waals surface area (Å²) in [6, 6.07) is 13.8. The lowest BCUT2D eigenvalue weighted by atomic mass is 10.1. The summed E-state index contributed by atoms with van der Waals surface area (Å²) in [6.45, 7) is 0.521. The number of nitrogen functional groups attached to an aromatic ring is 1. The standard InChI is InChI=1S/C20H22N6O3S/c21-11-15-10-17(5-8-19(15)22)26-30(28,29)18-6-3-16(4-7-18)25-20(27)24-13-14-2-1-9-23-12-14/h1-10,12,26H,11,13,21-22H2,(H2,24,25,27). The molecule has 10 heteroatoms. The van der Waals surface area contributed by atoms with E-state index in [1.807, 2.05) is 6.07 Å². The van der Waals surface area contributed by atoms with E-state index in [9.17, 15) is 13.2 Å². The highest BCUT2D eigenvalue weighted by atomic mass is 32.2. The van der Waals surface area contributed by atoms with Gasteiger partial charge in [-0.25, -0.2) is 13.2 Å². The Bertz CT molecular complexity index is 1120. The summed E-state index contributed by atoms with van der Waals surface area (Å²) in [5, 5.41) is 5.35. The van der Waals surface area contributed by atoms with E-state index in [2.05, 4.69) is 20.3 Å². The van der Waals surface area contributed by atoms with Gasteiger partial charge in [-0.15, -0.1) is 0 Å². The highest BCUT2D eigenvalue weighted by Gasteiger charge is 2.15. The number of nitrogens with two attached hydrogens (primary N) is 2. The van der Waals surface area contributed by atoms with E-state index < -0.39 is 16.1 Å². The lowest BCUT2D eigenvalue weighted by Gasteiger charge is -2.12. The minimum absolute atomic E-state index is 0.0509. The number of amides is 2. The van der Waals surface area contributed by atoms with Gasteiger partial charge in [0.05, 0.1) is 4.90 Å². The molecule has 156 valence electrons. The summed E-state index contributed by atoms with van der Waals surface area (Å²) in [5.41, 5.74) is 14.2. The molecule has 1 aromatic heterocycles. The van der Waals surface area contributed by atoms with Crippen molar-refractivity contribution in [2.24, 2.45) is 5.73 Å². The Hall–Kier alpha value is -3.63. The molecule has 0 atom stereocenters. The molecule has 0 bridgehead atoms. The third-order valence-electron chi connectivity index (χ3n) is 4.21. The zero-order chi connectivity index (χ0) is 21.6. The minimum Gasteiger partial charge on any atom is -0.398 e. The maximum atomic E-state index is 12.6. The first-order chi connectivity index (χ1) is 14.4. The van der Waals surface area contributed by atoms with Crippen molar-refractivity contribution in [2.45, 2.75) is 18.0 Å². The average Bonchev–Trinajstić information content (AvgIpc) is 2.74. The minimum atomic E-state index is -3.81. The van der Waals surface area contributed by atoms with Crippen molar-refractivity contribution >= 4 is 33.1 Å². The van der Waals surface area contributed by atoms with Crippen LogP contribution in [0.4, 0.5) is 21.9 Å². The first-order valence-electron chi connectivity index (χ1n) is 9.02. The zero-order valence-corrected chi connectivity index (χ0v) is 16.8. The second-order valence-corrected chi connectivity index (χ2v) is 8.10. The summed E-state index contributed by atoms with van der Waals surface area (Å²) in [6.07, 6.45) is 3.31. The van der Waals surface area contributed by atoms with Gasteiger partial charge in [0.2, 0.25) is 0 Å². The van der Waals surface area contributed by atoms with Gasteiger partial charge in [-0.1, -0.05) is 6.07 Å². The maximum absolute atomic E-state index is 12.6. The van der Waals surface area contributed by atoms with Crippen LogP contribution in [-0.4, -0.2) is 19.4 Å². The molecule has 0 spiro atoms. The smallest absolute Gasteiger partial charge is 0.319 e. The number of urea groups is 1. The van der Waals surface area contributed by atoms with Crippen LogP contribution in [0, 0.1) is 0 Å². The molecule has 1 heterocycles. The SMILES string of the molecule is NCc1cc(NS(=O)(=O)c2ccc(NC(=O)NCc3cccnc3)cc2)ccc1N. The maximum Gasteiger partial charge on any atom is 0.319 e. The number of hydrogen-bond acceptors (Lipinski definition) is 6. The van der Waals surface area contributed by atoms with Crippen LogP contribution in [0.2, 0.25) is 0 Å². The summed E-state index contributed by atoms with van der Waals surface area (Å²) in [4.78, 5) is 16.0. The van der Waals surface area contributed by atoms with Gasteiger partial charge < -0.3 is 22.1 Å². The van der Waals surface area contributed by atoms with Crippen LogP contribution in [0.15, 0.2) is 71.9 Å². The summed E-state index contributed by atoms with van der Waals surface area (Å²) in [5.74, 6) is 0. The monoisotopic (exact) mass is 426 g/mol. The van der Waals surface area contributed by atoms with Crippen LogP contribution in [0.1, 0.15) is 11.1 Å². The van der Waals surface area contributed by atoms with E-state index in [-0.39, 0.29) is 11.4 Å². The second-order valence-electron chi connectivity index (χ2n) is 6.42. The zero-order valence-electron chi connectivity index (χ0n) is 16.0. The summed E-state index contributed by atoms with van der Waals surface area (Å²) < 4.78 is 27.7. The fourth-order valence-electron chi connectivity index (χ4n) is 2.64. The Morgan fingerprint density at radius 3 is 2.43 bits per heavy atom. The van der Waals surface area contributed by atoms with E-state index in [1.165, 1.54) is 24.3 Å². The molecule has 2 amide bonds. The molecular weight excluding hydrogens is 404 g/mol. The number of rotatable bonds is 7. The topological polar surface area (TPSA) is 152 Å². The highest BCUT2D eigenvalue weighted by molar-refractivity contribution is 7.92. The molecule has 0 saturated heterocycles. The number of anilines is 3. The Labute approximate surface area is 174 Å². The number of carbonyl (C=O) groups excluding carboxylic acids is 1. The molecule has 2 aromatic carbocycles. The molecule has 0 aliphatic heterocycles. The van der Waals surface area contributed by atoms with Gasteiger partial charge in [0.25, 0.3) is 10.0 Å². The molecular formula is C20H22N6O3S. The molecule has 9 nitrogen and oxygen atoms in total. The van der Waals surface area contributed by atoms with Crippen molar-refractivity contribution in [3.8, 4) is 0 Å². The number of benzene rings is 2. The predicted molar refractivity (Wildman–Crippen MR) is 116 cm³/mol. The van der Waals surface area contributed by atoms with Crippen LogP contribution >= 0.6 is 0 Å². The molecule has 0 aliphatic carbocycles. The van der Waals surface area contributed by atoms with Gasteiger partial charge in [-0.2, -0.15) is 0 Å². The molecule has 30 heavy (non-hydrogen) atoms. The lowest BCUT2D eigenvalue weighted by molar-refractivity contribution is 0.251. The van der Waals surface area contributed by atoms with Gasteiger partial charge in [-0.3, -0.25) is 9.71 Å². The Morgan fingerprint density at radius 1 is 1.03 bits per heavy atom. The molecule has 0 fully saturated rings. The third-order valence-corrected chi connectivity index (χ3v) is 5.61. The molecule has 7 N–H and O–H groups in total. The molecule has 0 saturated carbocycles. The van der Waals surface area contributed by atoms with E-state index >= 15 is 0 Å². The van der Waals surface area contributed by atoms with Crippen LogP contribution in [0.5, 0.6) is 0 Å². The van der Waals surface area contributed by atoms with Gasteiger partial charge in [0.15, 0.2) is 0 Å². The van der Waals surface area contributed by atoms with Crippen LogP contribution in [0.25, 0.3) is 0 Å².